The predicted molar refractivity (Wildman–Crippen MR) is 118 cm³/mol. The highest BCUT2D eigenvalue weighted by Crippen LogP contribution is 2.29. The van der Waals surface area contributed by atoms with Gasteiger partial charge in [0.2, 0.25) is 0 Å². The standard InChI is InChI=1S/C24H21NO5S/c26-23(18-10-4-1-5-11-18)25(20-14-8-3-9-15-20)21-16-31(28,29)17-22(21)30-24(27)19-12-6-2-7-13-19/h1-15,21-22H,16-17H2. The van der Waals surface area contributed by atoms with Crippen molar-refractivity contribution in [2.75, 3.05) is 16.4 Å². The summed E-state index contributed by atoms with van der Waals surface area (Å²) >= 11 is 0. The summed E-state index contributed by atoms with van der Waals surface area (Å²) in [4.78, 5) is 27.5. The third-order valence-electron chi connectivity index (χ3n) is 5.15. The lowest BCUT2D eigenvalue weighted by atomic mass is 10.1. The molecule has 3 aromatic rings. The Hall–Kier alpha value is -3.45. The maximum atomic E-state index is 13.4. The number of ether oxygens (including phenoxy) is 1. The molecule has 3 aromatic carbocycles. The van der Waals surface area contributed by atoms with Gasteiger partial charge in [0, 0.05) is 11.3 Å². The number of carbonyl (C=O) groups is 2. The second-order valence-electron chi connectivity index (χ2n) is 7.33. The van der Waals surface area contributed by atoms with Crippen molar-refractivity contribution < 1.29 is 22.7 Å². The van der Waals surface area contributed by atoms with Crippen LogP contribution in [0.15, 0.2) is 91.0 Å². The molecule has 4 rings (SSSR count). The molecule has 2 atom stereocenters. The number of amides is 1. The molecule has 0 aromatic heterocycles. The molecule has 0 radical (unpaired) electrons. The zero-order chi connectivity index (χ0) is 21.8. The van der Waals surface area contributed by atoms with E-state index in [0.29, 0.717) is 16.8 Å². The highest BCUT2D eigenvalue weighted by molar-refractivity contribution is 7.91. The summed E-state index contributed by atoms with van der Waals surface area (Å²) in [6.45, 7) is 0. The molecule has 1 fully saturated rings. The van der Waals surface area contributed by atoms with Crippen LogP contribution in [0.4, 0.5) is 5.69 Å². The molecule has 0 N–H and O–H groups in total. The normalized spacial score (nSPS) is 19.5. The summed E-state index contributed by atoms with van der Waals surface area (Å²) in [6.07, 6.45) is -0.981. The Morgan fingerprint density at radius 3 is 1.84 bits per heavy atom. The van der Waals surface area contributed by atoms with Gasteiger partial charge < -0.3 is 9.64 Å². The Morgan fingerprint density at radius 2 is 1.26 bits per heavy atom. The zero-order valence-electron chi connectivity index (χ0n) is 16.6. The molecule has 0 bridgehead atoms. The van der Waals surface area contributed by atoms with Crippen molar-refractivity contribution in [1.82, 2.24) is 0 Å². The van der Waals surface area contributed by atoms with E-state index >= 15 is 0 Å². The van der Waals surface area contributed by atoms with E-state index in [4.69, 9.17) is 4.74 Å². The van der Waals surface area contributed by atoms with Gasteiger partial charge >= 0.3 is 5.97 Å². The van der Waals surface area contributed by atoms with E-state index in [-0.39, 0.29) is 17.4 Å². The van der Waals surface area contributed by atoms with Crippen molar-refractivity contribution in [1.29, 1.82) is 0 Å². The monoisotopic (exact) mass is 435 g/mol. The molecule has 1 amide bonds. The van der Waals surface area contributed by atoms with Crippen LogP contribution in [0, 0.1) is 0 Å². The Morgan fingerprint density at radius 1 is 0.742 bits per heavy atom. The van der Waals surface area contributed by atoms with Crippen LogP contribution in [-0.2, 0) is 14.6 Å². The molecule has 31 heavy (non-hydrogen) atoms. The summed E-state index contributed by atoms with van der Waals surface area (Å²) in [7, 11) is -3.51. The summed E-state index contributed by atoms with van der Waals surface area (Å²) < 4.78 is 30.7. The molecular weight excluding hydrogens is 414 g/mol. The second kappa shape index (κ2) is 8.73. The quantitative estimate of drug-likeness (QED) is 0.574. The SMILES string of the molecule is O=C(OC1CS(=O)(=O)CC1N(C(=O)c1ccccc1)c1ccccc1)c1ccccc1. The van der Waals surface area contributed by atoms with Crippen molar-refractivity contribution in [2.24, 2.45) is 0 Å². The fourth-order valence-electron chi connectivity index (χ4n) is 3.70. The van der Waals surface area contributed by atoms with E-state index in [9.17, 15) is 18.0 Å². The van der Waals surface area contributed by atoms with Crippen molar-refractivity contribution in [2.45, 2.75) is 12.1 Å². The Bertz CT molecular complexity index is 1160. The fourth-order valence-corrected chi connectivity index (χ4v) is 5.51. The van der Waals surface area contributed by atoms with E-state index in [1.807, 2.05) is 6.07 Å². The van der Waals surface area contributed by atoms with E-state index in [1.165, 1.54) is 4.90 Å². The van der Waals surface area contributed by atoms with Gasteiger partial charge in [0.25, 0.3) is 5.91 Å². The molecule has 2 unspecified atom stereocenters. The van der Waals surface area contributed by atoms with Crippen molar-refractivity contribution in [3.05, 3.63) is 102 Å². The number of para-hydroxylation sites is 1. The van der Waals surface area contributed by atoms with Gasteiger partial charge in [0.05, 0.1) is 23.1 Å². The molecule has 0 saturated carbocycles. The van der Waals surface area contributed by atoms with Crippen LogP contribution in [0.5, 0.6) is 0 Å². The van der Waals surface area contributed by atoms with Crippen LogP contribution in [0.2, 0.25) is 0 Å². The molecule has 6 nitrogen and oxygen atoms in total. The van der Waals surface area contributed by atoms with Gasteiger partial charge in [0.1, 0.15) is 6.10 Å². The van der Waals surface area contributed by atoms with E-state index < -0.39 is 28.0 Å². The van der Waals surface area contributed by atoms with Crippen molar-refractivity contribution >= 4 is 27.4 Å². The van der Waals surface area contributed by atoms with Crippen molar-refractivity contribution in [3.8, 4) is 0 Å². The number of benzene rings is 3. The van der Waals surface area contributed by atoms with Gasteiger partial charge in [-0.2, -0.15) is 0 Å². The number of rotatable bonds is 5. The zero-order valence-corrected chi connectivity index (χ0v) is 17.4. The maximum absolute atomic E-state index is 13.4. The number of hydrogen-bond donors (Lipinski definition) is 0. The lowest BCUT2D eigenvalue weighted by molar-refractivity contribution is 0.0314. The Kier molecular flexibility index (Phi) is 5.86. The van der Waals surface area contributed by atoms with Crippen LogP contribution in [0.3, 0.4) is 0 Å². The van der Waals surface area contributed by atoms with E-state index in [2.05, 4.69) is 0 Å². The highest BCUT2D eigenvalue weighted by atomic mass is 32.2. The lowest BCUT2D eigenvalue weighted by Gasteiger charge is -2.32. The number of anilines is 1. The fraction of sp³-hybridized carbons (Fsp3) is 0.167. The number of nitrogens with zero attached hydrogens (tertiary/aromatic N) is 1. The van der Waals surface area contributed by atoms with Gasteiger partial charge in [-0.05, 0) is 36.4 Å². The first-order valence-electron chi connectivity index (χ1n) is 9.85. The second-order valence-corrected chi connectivity index (χ2v) is 9.48. The van der Waals surface area contributed by atoms with Crippen LogP contribution < -0.4 is 4.90 Å². The number of carbonyl (C=O) groups excluding carboxylic acids is 2. The van der Waals surface area contributed by atoms with Crippen LogP contribution in [-0.4, -0.2) is 43.9 Å². The van der Waals surface area contributed by atoms with Gasteiger partial charge in [0.15, 0.2) is 9.84 Å². The third-order valence-corrected chi connectivity index (χ3v) is 6.83. The van der Waals surface area contributed by atoms with Crippen LogP contribution >= 0.6 is 0 Å². The molecule has 1 saturated heterocycles. The molecule has 1 heterocycles. The first kappa shape index (κ1) is 20.8. The van der Waals surface area contributed by atoms with Crippen molar-refractivity contribution in [3.63, 3.8) is 0 Å². The van der Waals surface area contributed by atoms with E-state index in [0.717, 1.165) is 0 Å². The summed E-state index contributed by atoms with van der Waals surface area (Å²) in [5, 5.41) is 0. The number of esters is 1. The van der Waals surface area contributed by atoms with Crippen LogP contribution in [0.25, 0.3) is 0 Å². The van der Waals surface area contributed by atoms with Gasteiger partial charge in [-0.3, -0.25) is 4.79 Å². The lowest BCUT2D eigenvalue weighted by Crippen LogP contribution is -2.48. The maximum Gasteiger partial charge on any atom is 0.338 e. The third kappa shape index (κ3) is 4.67. The summed E-state index contributed by atoms with van der Waals surface area (Å²) in [5.41, 5.74) is 1.29. The van der Waals surface area contributed by atoms with Gasteiger partial charge in [-0.1, -0.05) is 54.6 Å². The average Bonchev–Trinajstić information content (AvgIpc) is 3.09. The first-order chi connectivity index (χ1) is 14.9. The minimum atomic E-state index is -3.51. The molecule has 1 aliphatic rings. The topological polar surface area (TPSA) is 80.8 Å². The van der Waals surface area contributed by atoms with Gasteiger partial charge in [-0.25, -0.2) is 13.2 Å². The number of hydrogen-bond acceptors (Lipinski definition) is 5. The highest BCUT2D eigenvalue weighted by Gasteiger charge is 2.45. The summed E-state index contributed by atoms with van der Waals surface area (Å²) in [5.74, 6) is -1.59. The van der Waals surface area contributed by atoms with Gasteiger partial charge in [-0.15, -0.1) is 0 Å². The smallest absolute Gasteiger partial charge is 0.338 e. The molecule has 0 spiro atoms. The minimum Gasteiger partial charge on any atom is -0.455 e. The molecule has 1 aliphatic heterocycles. The molecule has 158 valence electrons. The molecular formula is C24H21NO5S. The molecule has 0 aliphatic carbocycles. The largest absolute Gasteiger partial charge is 0.455 e. The Balaban J connectivity index is 1.71. The minimum absolute atomic E-state index is 0.285. The molecule has 7 heteroatoms. The average molecular weight is 436 g/mol. The first-order valence-corrected chi connectivity index (χ1v) is 11.7. The van der Waals surface area contributed by atoms with E-state index in [1.54, 1.807) is 84.9 Å². The summed E-state index contributed by atoms with van der Waals surface area (Å²) in [6, 6.07) is 25.0. The number of sulfone groups is 1. The van der Waals surface area contributed by atoms with Crippen LogP contribution in [0.1, 0.15) is 20.7 Å². The predicted octanol–water partition coefficient (Wildman–Crippen LogP) is 3.36. The Labute approximate surface area is 181 Å².